The Morgan fingerprint density at radius 1 is 1.41 bits per heavy atom. The van der Waals surface area contributed by atoms with Crippen molar-refractivity contribution in [2.75, 3.05) is 10.6 Å². The third-order valence-electron chi connectivity index (χ3n) is 3.60. The number of aromatic nitrogens is 2. The van der Waals surface area contributed by atoms with Crippen molar-refractivity contribution >= 4 is 34.0 Å². The van der Waals surface area contributed by atoms with Crippen LogP contribution in [0.15, 0.2) is 24.3 Å². The standard InChI is InChI=1S/C15H16N4O2S/c1-9-18-19-15(22-9)17-13(20)7-6-11-8-10-4-2-3-5-12(10)16-14(11)21/h2-5,11H,6-8H2,1H3,(H,16,21)(H,17,19,20)/t11-/m0/s1. The van der Waals surface area contributed by atoms with Crippen LogP contribution in [0.2, 0.25) is 0 Å². The summed E-state index contributed by atoms with van der Waals surface area (Å²) in [4.78, 5) is 24.0. The first-order chi connectivity index (χ1) is 10.6. The van der Waals surface area contributed by atoms with Crippen LogP contribution in [0.1, 0.15) is 23.4 Å². The van der Waals surface area contributed by atoms with Crippen LogP contribution in [-0.4, -0.2) is 22.0 Å². The maximum Gasteiger partial charge on any atom is 0.227 e. The average molecular weight is 316 g/mol. The molecule has 114 valence electrons. The maximum absolute atomic E-state index is 12.1. The molecule has 1 aromatic carbocycles. The normalized spacial score (nSPS) is 16.8. The zero-order valence-corrected chi connectivity index (χ0v) is 12.9. The topological polar surface area (TPSA) is 84.0 Å². The molecule has 1 aromatic heterocycles. The van der Waals surface area contributed by atoms with Crippen molar-refractivity contribution in [2.45, 2.75) is 26.2 Å². The minimum Gasteiger partial charge on any atom is -0.326 e. The zero-order valence-electron chi connectivity index (χ0n) is 12.1. The van der Waals surface area contributed by atoms with Gasteiger partial charge in [0.15, 0.2) is 0 Å². The fourth-order valence-electron chi connectivity index (χ4n) is 2.48. The maximum atomic E-state index is 12.1. The van der Waals surface area contributed by atoms with E-state index in [9.17, 15) is 9.59 Å². The Morgan fingerprint density at radius 2 is 2.23 bits per heavy atom. The van der Waals surface area contributed by atoms with Crippen molar-refractivity contribution in [3.8, 4) is 0 Å². The van der Waals surface area contributed by atoms with E-state index in [1.165, 1.54) is 11.3 Å². The Balaban J connectivity index is 1.55. The second kappa shape index (κ2) is 6.23. The molecule has 6 nitrogen and oxygen atoms in total. The van der Waals surface area contributed by atoms with Crippen LogP contribution in [-0.2, 0) is 16.0 Å². The monoisotopic (exact) mass is 316 g/mol. The molecule has 1 aliphatic heterocycles. The molecule has 2 heterocycles. The quantitative estimate of drug-likeness (QED) is 0.907. The van der Waals surface area contributed by atoms with E-state index >= 15 is 0 Å². The Hall–Kier alpha value is -2.28. The van der Waals surface area contributed by atoms with Gasteiger partial charge in [-0.1, -0.05) is 29.5 Å². The minimum atomic E-state index is -0.170. The number of hydrogen-bond acceptors (Lipinski definition) is 5. The summed E-state index contributed by atoms with van der Waals surface area (Å²) in [6.45, 7) is 1.83. The molecular weight excluding hydrogens is 300 g/mol. The fourth-order valence-corrected chi connectivity index (χ4v) is 3.09. The van der Waals surface area contributed by atoms with E-state index in [1.807, 2.05) is 31.2 Å². The van der Waals surface area contributed by atoms with Gasteiger partial charge in [0.05, 0.1) is 0 Å². The number of hydrogen-bond donors (Lipinski definition) is 2. The van der Waals surface area contributed by atoms with Gasteiger partial charge in [0, 0.05) is 18.0 Å². The summed E-state index contributed by atoms with van der Waals surface area (Å²) in [5.74, 6) is -0.321. The third-order valence-corrected chi connectivity index (χ3v) is 4.36. The van der Waals surface area contributed by atoms with Gasteiger partial charge in [-0.15, -0.1) is 10.2 Å². The summed E-state index contributed by atoms with van der Waals surface area (Å²) in [7, 11) is 0. The number of amides is 2. The highest BCUT2D eigenvalue weighted by Crippen LogP contribution is 2.27. The summed E-state index contributed by atoms with van der Waals surface area (Å²) in [5.41, 5.74) is 1.99. The molecule has 22 heavy (non-hydrogen) atoms. The summed E-state index contributed by atoms with van der Waals surface area (Å²) in [5, 5.41) is 14.6. The largest absolute Gasteiger partial charge is 0.326 e. The van der Waals surface area contributed by atoms with Crippen molar-refractivity contribution in [3.63, 3.8) is 0 Å². The van der Waals surface area contributed by atoms with Crippen molar-refractivity contribution in [1.29, 1.82) is 0 Å². The highest BCUT2D eigenvalue weighted by atomic mass is 32.1. The first kappa shape index (κ1) is 14.6. The Kier molecular flexibility index (Phi) is 4.15. The van der Waals surface area contributed by atoms with Gasteiger partial charge in [0.25, 0.3) is 0 Å². The number of rotatable bonds is 4. The number of carbonyl (C=O) groups excluding carboxylic acids is 2. The number of aryl methyl sites for hydroxylation is 1. The van der Waals surface area contributed by atoms with Gasteiger partial charge in [-0.2, -0.15) is 0 Å². The fraction of sp³-hybridized carbons (Fsp3) is 0.333. The van der Waals surface area contributed by atoms with Crippen molar-refractivity contribution in [2.24, 2.45) is 5.92 Å². The molecule has 1 aliphatic rings. The van der Waals surface area contributed by atoms with E-state index in [0.29, 0.717) is 24.4 Å². The second-order valence-electron chi connectivity index (χ2n) is 5.26. The van der Waals surface area contributed by atoms with Crippen molar-refractivity contribution in [1.82, 2.24) is 10.2 Å². The van der Waals surface area contributed by atoms with Crippen LogP contribution in [0.4, 0.5) is 10.8 Å². The predicted octanol–water partition coefficient (Wildman–Crippen LogP) is 2.38. The highest BCUT2D eigenvalue weighted by Gasteiger charge is 2.26. The van der Waals surface area contributed by atoms with E-state index < -0.39 is 0 Å². The number of para-hydroxylation sites is 1. The molecule has 0 spiro atoms. The second-order valence-corrected chi connectivity index (χ2v) is 6.44. The summed E-state index contributed by atoms with van der Waals surface area (Å²) < 4.78 is 0. The molecule has 0 fully saturated rings. The lowest BCUT2D eigenvalue weighted by molar-refractivity contribution is -0.121. The molecule has 0 unspecified atom stereocenters. The molecule has 1 atom stereocenters. The molecule has 2 aromatic rings. The molecule has 2 N–H and O–H groups in total. The molecule has 0 radical (unpaired) electrons. The Labute approximate surface area is 132 Å². The zero-order chi connectivity index (χ0) is 15.5. The first-order valence-corrected chi connectivity index (χ1v) is 7.92. The molecule has 2 amide bonds. The molecule has 0 saturated carbocycles. The van der Waals surface area contributed by atoms with Crippen LogP contribution in [0.3, 0.4) is 0 Å². The van der Waals surface area contributed by atoms with Crippen LogP contribution in [0.5, 0.6) is 0 Å². The highest BCUT2D eigenvalue weighted by molar-refractivity contribution is 7.15. The van der Waals surface area contributed by atoms with Crippen LogP contribution in [0.25, 0.3) is 0 Å². The SMILES string of the molecule is Cc1nnc(NC(=O)CC[C@H]2Cc3ccccc3NC2=O)s1. The lowest BCUT2D eigenvalue weighted by Gasteiger charge is -2.24. The third kappa shape index (κ3) is 3.30. The van der Waals surface area contributed by atoms with Gasteiger partial charge >= 0.3 is 0 Å². The Morgan fingerprint density at radius 3 is 3.00 bits per heavy atom. The minimum absolute atomic E-state index is 0.0155. The van der Waals surface area contributed by atoms with Crippen molar-refractivity contribution in [3.05, 3.63) is 34.8 Å². The molecular formula is C15H16N4O2S. The molecule has 3 rings (SSSR count). The molecule has 7 heteroatoms. The van der Waals surface area contributed by atoms with E-state index in [2.05, 4.69) is 20.8 Å². The number of anilines is 2. The lowest BCUT2D eigenvalue weighted by atomic mass is 9.89. The number of fused-ring (bicyclic) bond motifs is 1. The van der Waals surface area contributed by atoms with Crippen LogP contribution in [0, 0.1) is 12.8 Å². The van der Waals surface area contributed by atoms with E-state index in [-0.39, 0.29) is 17.7 Å². The molecule has 0 saturated heterocycles. The van der Waals surface area contributed by atoms with Gasteiger partial charge in [0.1, 0.15) is 5.01 Å². The van der Waals surface area contributed by atoms with Crippen LogP contribution < -0.4 is 10.6 Å². The number of nitrogens with zero attached hydrogens (tertiary/aromatic N) is 2. The summed E-state index contributed by atoms with van der Waals surface area (Å²) in [6.07, 6.45) is 1.48. The smallest absolute Gasteiger partial charge is 0.227 e. The number of carbonyl (C=O) groups is 2. The van der Waals surface area contributed by atoms with E-state index in [1.54, 1.807) is 0 Å². The number of benzene rings is 1. The molecule has 0 aliphatic carbocycles. The van der Waals surface area contributed by atoms with Gasteiger partial charge < -0.3 is 10.6 Å². The van der Waals surface area contributed by atoms with Gasteiger partial charge in [-0.3, -0.25) is 9.59 Å². The average Bonchev–Trinajstić information content (AvgIpc) is 2.90. The van der Waals surface area contributed by atoms with E-state index in [0.717, 1.165) is 16.3 Å². The van der Waals surface area contributed by atoms with Crippen molar-refractivity contribution < 1.29 is 9.59 Å². The number of nitrogens with one attached hydrogen (secondary N) is 2. The van der Waals surface area contributed by atoms with Crippen LogP contribution >= 0.6 is 11.3 Å². The van der Waals surface area contributed by atoms with E-state index in [4.69, 9.17) is 0 Å². The predicted molar refractivity (Wildman–Crippen MR) is 84.8 cm³/mol. The van der Waals surface area contributed by atoms with Gasteiger partial charge in [-0.25, -0.2) is 0 Å². The molecule has 0 bridgehead atoms. The summed E-state index contributed by atoms with van der Waals surface area (Å²) >= 11 is 1.34. The first-order valence-electron chi connectivity index (χ1n) is 7.10. The van der Waals surface area contributed by atoms with Gasteiger partial charge in [0.2, 0.25) is 16.9 Å². The summed E-state index contributed by atoms with van der Waals surface area (Å²) in [6, 6.07) is 7.76. The van der Waals surface area contributed by atoms with Gasteiger partial charge in [-0.05, 0) is 31.4 Å². The Bertz CT molecular complexity index is 713. The lowest BCUT2D eigenvalue weighted by Crippen LogP contribution is -2.30.